The molecular formula is C12H13BrN2. The van der Waals surface area contributed by atoms with E-state index in [2.05, 4.69) is 32.8 Å². The van der Waals surface area contributed by atoms with Gasteiger partial charge in [0.25, 0.3) is 0 Å². The van der Waals surface area contributed by atoms with E-state index in [9.17, 15) is 0 Å². The summed E-state index contributed by atoms with van der Waals surface area (Å²) < 4.78 is 0.895. The molecule has 2 nitrogen and oxygen atoms in total. The number of nitrogens with two attached hydrogens (primary N) is 1. The van der Waals surface area contributed by atoms with Crippen LogP contribution in [0, 0.1) is 17.8 Å². The largest absolute Gasteiger partial charge is 0.396 e. The molecule has 2 rings (SSSR count). The van der Waals surface area contributed by atoms with E-state index in [-0.39, 0.29) is 0 Å². The smallest absolute Gasteiger partial charge is 0.136 e. The Bertz CT molecular complexity index is 411. The van der Waals surface area contributed by atoms with Gasteiger partial charge in [0.15, 0.2) is 0 Å². The van der Waals surface area contributed by atoms with Gasteiger partial charge in [0.1, 0.15) is 5.69 Å². The average molecular weight is 265 g/mol. The summed E-state index contributed by atoms with van der Waals surface area (Å²) in [7, 11) is 0. The van der Waals surface area contributed by atoms with E-state index in [4.69, 9.17) is 5.73 Å². The molecule has 0 radical (unpaired) electrons. The third-order valence-electron chi connectivity index (χ3n) is 2.63. The van der Waals surface area contributed by atoms with Crippen molar-refractivity contribution in [1.82, 2.24) is 4.98 Å². The molecule has 0 unspecified atom stereocenters. The molecule has 15 heavy (non-hydrogen) atoms. The fourth-order valence-corrected chi connectivity index (χ4v) is 2.15. The van der Waals surface area contributed by atoms with Gasteiger partial charge < -0.3 is 5.73 Å². The van der Waals surface area contributed by atoms with E-state index in [1.165, 1.54) is 25.7 Å². The molecule has 0 spiro atoms. The van der Waals surface area contributed by atoms with Crippen LogP contribution in [0.4, 0.5) is 5.69 Å². The summed E-state index contributed by atoms with van der Waals surface area (Å²) in [6.07, 6.45) is 6.80. The van der Waals surface area contributed by atoms with Crippen LogP contribution in [0.15, 0.2) is 16.7 Å². The van der Waals surface area contributed by atoms with Gasteiger partial charge in [0, 0.05) is 16.6 Å². The van der Waals surface area contributed by atoms with E-state index < -0.39 is 0 Å². The second-order valence-corrected chi connectivity index (χ2v) is 4.76. The van der Waals surface area contributed by atoms with Crippen molar-refractivity contribution < 1.29 is 0 Å². The minimum Gasteiger partial charge on any atom is -0.396 e. The fourth-order valence-electron chi connectivity index (χ4n) is 1.80. The van der Waals surface area contributed by atoms with Crippen LogP contribution < -0.4 is 5.73 Å². The molecule has 0 saturated heterocycles. The monoisotopic (exact) mass is 264 g/mol. The van der Waals surface area contributed by atoms with Crippen molar-refractivity contribution >= 4 is 21.6 Å². The highest BCUT2D eigenvalue weighted by Gasteiger charge is 2.11. The van der Waals surface area contributed by atoms with Crippen molar-refractivity contribution in [3.05, 3.63) is 22.4 Å². The standard InChI is InChI=1S/C12H13BrN2/c13-10-7-11(14)12(15-8-10)6-5-9-3-1-2-4-9/h7-9H,1-4,14H2. The van der Waals surface area contributed by atoms with Gasteiger partial charge in [0.05, 0.1) is 5.69 Å². The second-order valence-electron chi connectivity index (χ2n) is 3.84. The maximum Gasteiger partial charge on any atom is 0.136 e. The SMILES string of the molecule is Nc1cc(Br)cnc1C#CC1CCCC1. The van der Waals surface area contributed by atoms with Gasteiger partial charge in [-0.3, -0.25) is 0 Å². The van der Waals surface area contributed by atoms with Gasteiger partial charge in [0.2, 0.25) is 0 Å². The van der Waals surface area contributed by atoms with Crippen molar-refractivity contribution in [2.24, 2.45) is 5.92 Å². The molecule has 1 aromatic heterocycles. The predicted octanol–water partition coefficient (Wildman–Crippen LogP) is 2.97. The topological polar surface area (TPSA) is 38.9 Å². The number of anilines is 1. The number of hydrogen-bond acceptors (Lipinski definition) is 2. The summed E-state index contributed by atoms with van der Waals surface area (Å²) >= 11 is 3.32. The molecule has 0 atom stereocenters. The lowest BCUT2D eigenvalue weighted by Crippen LogP contribution is -1.94. The number of aromatic nitrogens is 1. The predicted molar refractivity (Wildman–Crippen MR) is 65.2 cm³/mol. The molecule has 0 aromatic carbocycles. The highest BCUT2D eigenvalue weighted by Crippen LogP contribution is 2.24. The zero-order valence-electron chi connectivity index (χ0n) is 8.46. The van der Waals surface area contributed by atoms with Crippen molar-refractivity contribution in [2.45, 2.75) is 25.7 Å². The minimum atomic E-state index is 0.551. The molecule has 1 aliphatic carbocycles. The number of rotatable bonds is 0. The van der Waals surface area contributed by atoms with E-state index in [0.717, 1.165) is 4.47 Å². The molecule has 2 N–H and O–H groups in total. The molecule has 0 amide bonds. The van der Waals surface area contributed by atoms with Crippen LogP contribution in [0.3, 0.4) is 0 Å². The van der Waals surface area contributed by atoms with E-state index in [1.54, 1.807) is 6.20 Å². The third kappa shape index (κ3) is 2.73. The lowest BCUT2D eigenvalue weighted by molar-refractivity contribution is 0.712. The Labute approximate surface area is 98.4 Å². The Morgan fingerprint density at radius 3 is 2.80 bits per heavy atom. The first kappa shape index (κ1) is 10.5. The third-order valence-corrected chi connectivity index (χ3v) is 3.07. The Kier molecular flexibility index (Phi) is 3.27. The van der Waals surface area contributed by atoms with Crippen molar-refractivity contribution in [2.75, 3.05) is 5.73 Å². The molecule has 0 aliphatic heterocycles. The van der Waals surface area contributed by atoms with Crippen LogP contribution in [0.2, 0.25) is 0 Å². The highest BCUT2D eigenvalue weighted by atomic mass is 79.9. The van der Waals surface area contributed by atoms with Gasteiger partial charge in [-0.25, -0.2) is 4.98 Å². The van der Waals surface area contributed by atoms with Crippen LogP contribution >= 0.6 is 15.9 Å². The van der Waals surface area contributed by atoms with Crippen molar-refractivity contribution in [3.63, 3.8) is 0 Å². The number of nitrogens with zero attached hydrogens (tertiary/aromatic N) is 1. The zero-order chi connectivity index (χ0) is 10.7. The number of pyridine rings is 1. The maximum atomic E-state index is 5.81. The summed E-state index contributed by atoms with van der Waals surface area (Å²) in [5.74, 6) is 6.88. The summed E-state index contributed by atoms with van der Waals surface area (Å²) in [4.78, 5) is 4.19. The highest BCUT2D eigenvalue weighted by molar-refractivity contribution is 9.10. The average Bonchev–Trinajstić information content (AvgIpc) is 2.69. The maximum absolute atomic E-state index is 5.81. The van der Waals surface area contributed by atoms with Crippen LogP contribution in [0.25, 0.3) is 0 Å². The fraction of sp³-hybridized carbons (Fsp3) is 0.417. The Balaban J connectivity index is 2.15. The second kappa shape index (κ2) is 4.67. The van der Waals surface area contributed by atoms with E-state index >= 15 is 0 Å². The lowest BCUT2D eigenvalue weighted by Gasteiger charge is -1.98. The first-order valence-corrected chi connectivity index (χ1v) is 5.97. The van der Waals surface area contributed by atoms with Crippen LogP contribution in [-0.2, 0) is 0 Å². The van der Waals surface area contributed by atoms with Gasteiger partial charge >= 0.3 is 0 Å². The van der Waals surface area contributed by atoms with Crippen molar-refractivity contribution in [1.29, 1.82) is 0 Å². The van der Waals surface area contributed by atoms with Gasteiger partial charge in [-0.05, 0) is 40.8 Å². The minimum absolute atomic E-state index is 0.551. The summed E-state index contributed by atoms with van der Waals surface area (Å²) in [6.45, 7) is 0. The Morgan fingerprint density at radius 1 is 1.40 bits per heavy atom. The first-order chi connectivity index (χ1) is 7.25. The Hall–Kier alpha value is -1.01. The molecule has 1 fully saturated rings. The van der Waals surface area contributed by atoms with E-state index in [0.29, 0.717) is 17.3 Å². The molecule has 3 heteroatoms. The molecule has 1 heterocycles. The zero-order valence-corrected chi connectivity index (χ0v) is 10.0. The quantitative estimate of drug-likeness (QED) is 0.732. The normalized spacial score (nSPS) is 16.1. The summed E-state index contributed by atoms with van der Waals surface area (Å²) in [5, 5.41) is 0. The van der Waals surface area contributed by atoms with Gasteiger partial charge in [-0.15, -0.1) is 0 Å². The number of halogens is 1. The molecule has 1 aromatic rings. The molecule has 0 bridgehead atoms. The summed E-state index contributed by atoms with van der Waals surface area (Å²) in [5.41, 5.74) is 7.16. The van der Waals surface area contributed by atoms with Gasteiger partial charge in [-0.1, -0.05) is 18.8 Å². The molecular weight excluding hydrogens is 252 g/mol. The van der Waals surface area contributed by atoms with Crippen LogP contribution in [0.5, 0.6) is 0 Å². The number of nitrogen functional groups attached to an aromatic ring is 1. The van der Waals surface area contributed by atoms with E-state index in [1.807, 2.05) is 6.07 Å². The Morgan fingerprint density at radius 2 is 2.13 bits per heavy atom. The molecule has 78 valence electrons. The molecule has 1 saturated carbocycles. The van der Waals surface area contributed by atoms with Crippen molar-refractivity contribution in [3.8, 4) is 11.8 Å². The van der Waals surface area contributed by atoms with Crippen LogP contribution in [-0.4, -0.2) is 4.98 Å². The van der Waals surface area contributed by atoms with Gasteiger partial charge in [-0.2, -0.15) is 0 Å². The van der Waals surface area contributed by atoms with Crippen LogP contribution in [0.1, 0.15) is 31.4 Å². The first-order valence-electron chi connectivity index (χ1n) is 5.18. The molecule has 1 aliphatic rings. The summed E-state index contributed by atoms with van der Waals surface area (Å²) in [6, 6.07) is 1.84. The lowest BCUT2D eigenvalue weighted by atomic mass is 10.1. The number of hydrogen-bond donors (Lipinski definition) is 1.